The number of nitrogens with two attached hydrogens (primary N) is 1. The third-order valence-electron chi connectivity index (χ3n) is 4.70. The number of primary amides is 1. The van der Waals surface area contributed by atoms with Gasteiger partial charge in [0.05, 0.1) is 5.56 Å². The molecule has 0 aromatic heterocycles. The fourth-order valence-corrected chi connectivity index (χ4v) is 2.98. The first-order valence-corrected chi connectivity index (χ1v) is 9.73. The van der Waals surface area contributed by atoms with Gasteiger partial charge >= 0.3 is 5.97 Å². The van der Waals surface area contributed by atoms with E-state index >= 15 is 0 Å². The minimum Gasteiger partial charge on any atom is -0.481 e. The predicted octanol–water partition coefficient (Wildman–Crippen LogP) is 3.95. The number of esters is 1. The second-order valence-electron chi connectivity index (χ2n) is 7.16. The standard InChI is InChI=1S/C25H23NO5/c1-16-7-11-18(12-8-16)23(28)24(19-13-9-17(2)10-14-19)31-22(27)15-30-21-6-4-3-5-20(21)25(26)29/h3-14,24H,15H2,1-2H3,(H2,26,29)/t24-/m0/s1. The molecule has 0 heterocycles. The molecule has 0 saturated heterocycles. The highest BCUT2D eigenvalue weighted by atomic mass is 16.6. The molecule has 0 fully saturated rings. The summed E-state index contributed by atoms with van der Waals surface area (Å²) in [5.41, 5.74) is 8.50. The van der Waals surface area contributed by atoms with Crippen molar-refractivity contribution in [2.75, 3.05) is 6.61 Å². The lowest BCUT2D eigenvalue weighted by atomic mass is 9.98. The lowest BCUT2D eigenvalue weighted by molar-refractivity contribution is -0.149. The van der Waals surface area contributed by atoms with Crippen LogP contribution in [-0.2, 0) is 9.53 Å². The first kappa shape index (κ1) is 21.8. The lowest BCUT2D eigenvalue weighted by Crippen LogP contribution is -2.24. The quantitative estimate of drug-likeness (QED) is 0.442. The molecular formula is C25H23NO5. The molecule has 0 saturated carbocycles. The average Bonchev–Trinajstić information content (AvgIpc) is 2.77. The van der Waals surface area contributed by atoms with Crippen LogP contribution in [0.5, 0.6) is 5.75 Å². The van der Waals surface area contributed by atoms with Crippen LogP contribution in [0.25, 0.3) is 0 Å². The van der Waals surface area contributed by atoms with Crippen molar-refractivity contribution >= 4 is 17.7 Å². The molecule has 0 bridgehead atoms. The number of para-hydroxylation sites is 1. The highest BCUT2D eigenvalue weighted by Crippen LogP contribution is 2.24. The Hall–Kier alpha value is -3.93. The van der Waals surface area contributed by atoms with Crippen molar-refractivity contribution in [2.45, 2.75) is 20.0 Å². The maximum atomic E-state index is 13.1. The monoisotopic (exact) mass is 417 g/mol. The molecule has 0 aliphatic carbocycles. The van der Waals surface area contributed by atoms with Gasteiger partial charge in [-0.15, -0.1) is 0 Å². The molecule has 6 heteroatoms. The number of ketones is 1. The van der Waals surface area contributed by atoms with Gasteiger partial charge in [-0.1, -0.05) is 71.8 Å². The van der Waals surface area contributed by atoms with E-state index in [0.29, 0.717) is 11.1 Å². The van der Waals surface area contributed by atoms with Crippen LogP contribution < -0.4 is 10.5 Å². The van der Waals surface area contributed by atoms with Gasteiger partial charge in [0, 0.05) is 11.1 Å². The Labute approximate surface area is 180 Å². The van der Waals surface area contributed by atoms with Crippen LogP contribution in [0.3, 0.4) is 0 Å². The summed E-state index contributed by atoms with van der Waals surface area (Å²) in [6, 6.07) is 20.6. The summed E-state index contributed by atoms with van der Waals surface area (Å²) in [4.78, 5) is 37.1. The second kappa shape index (κ2) is 9.71. The highest BCUT2D eigenvalue weighted by Gasteiger charge is 2.26. The smallest absolute Gasteiger partial charge is 0.345 e. The van der Waals surface area contributed by atoms with Crippen molar-refractivity contribution in [2.24, 2.45) is 5.73 Å². The van der Waals surface area contributed by atoms with Gasteiger partial charge in [-0.05, 0) is 26.0 Å². The average molecular weight is 417 g/mol. The molecule has 0 radical (unpaired) electrons. The van der Waals surface area contributed by atoms with Crippen LogP contribution in [0.15, 0.2) is 72.8 Å². The number of amides is 1. The molecule has 2 N–H and O–H groups in total. The Morgan fingerprint density at radius 3 is 2.03 bits per heavy atom. The number of carbonyl (C=O) groups excluding carboxylic acids is 3. The summed E-state index contributed by atoms with van der Waals surface area (Å²) in [5, 5.41) is 0. The van der Waals surface area contributed by atoms with Gasteiger partial charge in [0.1, 0.15) is 5.75 Å². The van der Waals surface area contributed by atoms with E-state index in [1.807, 2.05) is 38.1 Å². The van der Waals surface area contributed by atoms with E-state index in [1.165, 1.54) is 12.1 Å². The molecule has 1 atom stereocenters. The van der Waals surface area contributed by atoms with Gasteiger partial charge in [0.25, 0.3) is 5.91 Å². The Morgan fingerprint density at radius 1 is 0.839 bits per heavy atom. The van der Waals surface area contributed by atoms with Crippen molar-refractivity contribution in [3.05, 3.63) is 101 Å². The highest BCUT2D eigenvalue weighted by molar-refractivity contribution is 6.01. The SMILES string of the molecule is Cc1ccc(C(=O)[C@@H](OC(=O)COc2ccccc2C(N)=O)c2ccc(C)cc2)cc1. The number of Topliss-reactive ketones (excluding diaryl/α,β-unsaturated/α-hetero) is 1. The molecule has 0 aliphatic heterocycles. The Kier molecular flexibility index (Phi) is 6.82. The van der Waals surface area contributed by atoms with Crippen LogP contribution in [0.4, 0.5) is 0 Å². The van der Waals surface area contributed by atoms with Crippen molar-refractivity contribution in [1.82, 2.24) is 0 Å². The van der Waals surface area contributed by atoms with Gasteiger partial charge in [-0.2, -0.15) is 0 Å². The molecule has 0 unspecified atom stereocenters. The van der Waals surface area contributed by atoms with E-state index in [4.69, 9.17) is 15.2 Å². The zero-order valence-electron chi connectivity index (χ0n) is 17.3. The molecule has 3 aromatic rings. The predicted molar refractivity (Wildman–Crippen MR) is 116 cm³/mol. The number of hydrogen-bond donors (Lipinski definition) is 1. The number of carbonyl (C=O) groups is 3. The molecule has 0 spiro atoms. The summed E-state index contributed by atoms with van der Waals surface area (Å²) in [6.07, 6.45) is -1.12. The first-order valence-electron chi connectivity index (χ1n) is 9.73. The van der Waals surface area contributed by atoms with Crippen LogP contribution in [0.1, 0.15) is 43.5 Å². The summed E-state index contributed by atoms with van der Waals surface area (Å²) >= 11 is 0. The van der Waals surface area contributed by atoms with Crippen molar-refractivity contribution < 1.29 is 23.9 Å². The third kappa shape index (κ3) is 5.57. The second-order valence-corrected chi connectivity index (χ2v) is 7.16. The van der Waals surface area contributed by atoms with E-state index in [2.05, 4.69) is 0 Å². The largest absolute Gasteiger partial charge is 0.481 e. The van der Waals surface area contributed by atoms with Gasteiger partial charge in [-0.25, -0.2) is 4.79 Å². The zero-order valence-corrected chi connectivity index (χ0v) is 17.3. The maximum absolute atomic E-state index is 13.1. The molecule has 1 amide bonds. The zero-order chi connectivity index (χ0) is 22.4. The van der Waals surface area contributed by atoms with Gasteiger partial charge in [-0.3, -0.25) is 9.59 Å². The summed E-state index contributed by atoms with van der Waals surface area (Å²) in [7, 11) is 0. The molecule has 0 aliphatic rings. The molecular weight excluding hydrogens is 394 g/mol. The van der Waals surface area contributed by atoms with Crippen molar-refractivity contribution in [1.29, 1.82) is 0 Å². The Balaban J connectivity index is 1.79. The molecule has 3 rings (SSSR count). The van der Waals surface area contributed by atoms with Crippen molar-refractivity contribution in [3.63, 3.8) is 0 Å². The van der Waals surface area contributed by atoms with Gasteiger partial charge in [0.2, 0.25) is 5.78 Å². The molecule has 6 nitrogen and oxygen atoms in total. The van der Waals surface area contributed by atoms with E-state index in [-0.39, 0.29) is 17.1 Å². The minimum absolute atomic E-state index is 0.154. The van der Waals surface area contributed by atoms with E-state index in [0.717, 1.165) is 11.1 Å². The number of aryl methyl sites for hydroxylation is 2. The number of rotatable bonds is 8. The van der Waals surface area contributed by atoms with E-state index in [1.54, 1.807) is 36.4 Å². The fourth-order valence-electron chi connectivity index (χ4n) is 2.98. The number of hydrogen-bond acceptors (Lipinski definition) is 5. The number of benzene rings is 3. The molecule has 3 aromatic carbocycles. The van der Waals surface area contributed by atoms with Gasteiger partial charge in [0.15, 0.2) is 12.7 Å². The van der Waals surface area contributed by atoms with Crippen molar-refractivity contribution in [3.8, 4) is 5.75 Å². The van der Waals surface area contributed by atoms with E-state index in [9.17, 15) is 14.4 Å². The van der Waals surface area contributed by atoms with Crippen LogP contribution in [0.2, 0.25) is 0 Å². The van der Waals surface area contributed by atoms with Crippen LogP contribution >= 0.6 is 0 Å². The Bertz CT molecular complexity index is 1090. The molecule has 158 valence electrons. The summed E-state index contributed by atoms with van der Waals surface area (Å²) in [6.45, 7) is 3.37. The van der Waals surface area contributed by atoms with E-state index < -0.39 is 24.6 Å². The number of ether oxygens (including phenoxy) is 2. The first-order chi connectivity index (χ1) is 14.8. The summed E-state index contributed by atoms with van der Waals surface area (Å²) < 4.78 is 10.9. The normalized spacial score (nSPS) is 11.4. The van der Waals surface area contributed by atoms with Crippen LogP contribution in [-0.4, -0.2) is 24.3 Å². The van der Waals surface area contributed by atoms with Crippen LogP contribution in [0, 0.1) is 13.8 Å². The maximum Gasteiger partial charge on any atom is 0.345 e. The molecule has 31 heavy (non-hydrogen) atoms. The topological polar surface area (TPSA) is 95.7 Å². The minimum atomic E-state index is -1.12. The Morgan fingerprint density at radius 2 is 1.42 bits per heavy atom. The third-order valence-corrected chi connectivity index (χ3v) is 4.70. The lowest BCUT2D eigenvalue weighted by Gasteiger charge is -2.18. The summed E-state index contributed by atoms with van der Waals surface area (Å²) in [5.74, 6) is -1.58. The van der Waals surface area contributed by atoms with Gasteiger partial charge < -0.3 is 15.2 Å². The fraction of sp³-hybridized carbons (Fsp3) is 0.160.